The number of hydrogen-bond donors (Lipinski definition) is 1. The van der Waals surface area contributed by atoms with Crippen LogP contribution < -0.4 is 10.1 Å². The number of nitrogens with zero attached hydrogens (tertiary/aromatic N) is 2. The lowest BCUT2D eigenvalue weighted by Crippen LogP contribution is -2.21. The fraction of sp³-hybridized carbons (Fsp3) is 0.500. The van der Waals surface area contributed by atoms with E-state index in [4.69, 9.17) is 9.47 Å². The number of halogens is 2. The molecule has 3 rings (SSSR count). The Morgan fingerprint density at radius 2 is 1.87 bits per heavy atom. The highest BCUT2D eigenvalue weighted by Crippen LogP contribution is 2.33. The molecular weight excluding hydrogens is 392 g/mol. The summed E-state index contributed by atoms with van der Waals surface area (Å²) in [7, 11) is 0. The Labute approximate surface area is 175 Å². The van der Waals surface area contributed by atoms with E-state index in [0.29, 0.717) is 16.9 Å². The maximum atomic E-state index is 14.2. The van der Waals surface area contributed by atoms with Crippen LogP contribution in [0.3, 0.4) is 0 Å². The van der Waals surface area contributed by atoms with Gasteiger partial charge in [0.2, 0.25) is 11.6 Å². The average molecular weight is 419 g/mol. The lowest BCUT2D eigenvalue weighted by Gasteiger charge is -2.20. The number of nitrogens with one attached hydrogen (secondary N) is 1. The van der Waals surface area contributed by atoms with E-state index in [0.717, 1.165) is 31.7 Å². The quantitative estimate of drug-likeness (QED) is 0.495. The number of ether oxygens (including phenoxy) is 2. The molecule has 0 spiro atoms. The highest BCUT2D eigenvalue weighted by molar-refractivity contribution is 5.87. The van der Waals surface area contributed by atoms with Crippen LogP contribution >= 0.6 is 0 Å². The van der Waals surface area contributed by atoms with Gasteiger partial charge in [0.1, 0.15) is 5.82 Å². The molecule has 0 atom stereocenters. The van der Waals surface area contributed by atoms with Crippen molar-refractivity contribution in [3.8, 4) is 16.9 Å². The molecule has 1 fully saturated rings. The van der Waals surface area contributed by atoms with Crippen molar-refractivity contribution in [2.75, 3.05) is 18.5 Å². The first-order valence-electron chi connectivity index (χ1n) is 10.5. The van der Waals surface area contributed by atoms with Gasteiger partial charge in [0.05, 0.1) is 13.2 Å². The van der Waals surface area contributed by atoms with Gasteiger partial charge < -0.3 is 14.8 Å². The summed E-state index contributed by atoms with van der Waals surface area (Å²) in [4.78, 5) is 20.6. The molecule has 1 aromatic carbocycles. The molecule has 8 heteroatoms. The summed E-state index contributed by atoms with van der Waals surface area (Å²) >= 11 is 0. The zero-order chi connectivity index (χ0) is 21.5. The van der Waals surface area contributed by atoms with E-state index >= 15 is 0 Å². The Morgan fingerprint density at radius 3 is 2.53 bits per heavy atom. The largest absolute Gasteiger partial charge is 0.491 e. The molecule has 30 heavy (non-hydrogen) atoms. The first-order valence-corrected chi connectivity index (χ1v) is 10.5. The number of esters is 1. The van der Waals surface area contributed by atoms with Crippen molar-refractivity contribution in [3.63, 3.8) is 0 Å². The zero-order valence-corrected chi connectivity index (χ0v) is 17.3. The molecule has 0 aliphatic heterocycles. The molecule has 1 aromatic heterocycles. The summed E-state index contributed by atoms with van der Waals surface area (Å²) in [5.41, 5.74) is 0.830. The van der Waals surface area contributed by atoms with E-state index in [2.05, 4.69) is 15.3 Å². The van der Waals surface area contributed by atoms with Crippen molar-refractivity contribution < 1.29 is 23.0 Å². The maximum absolute atomic E-state index is 14.2. The Bertz CT molecular complexity index is 884. The van der Waals surface area contributed by atoms with Crippen LogP contribution in [-0.2, 0) is 4.74 Å². The first kappa shape index (κ1) is 21.9. The summed E-state index contributed by atoms with van der Waals surface area (Å²) in [5.74, 6) is -2.55. The van der Waals surface area contributed by atoms with Crippen molar-refractivity contribution in [2.24, 2.45) is 0 Å². The van der Waals surface area contributed by atoms with Gasteiger partial charge in [-0.2, -0.15) is 4.39 Å². The Kier molecular flexibility index (Phi) is 7.54. The van der Waals surface area contributed by atoms with E-state index < -0.39 is 17.6 Å². The van der Waals surface area contributed by atoms with Crippen LogP contribution in [-0.4, -0.2) is 35.2 Å². The fourth-order valence-electron chi connectivity index (χ4n) is 3.59. The van der Waals surface area contributed by atoms with Gasteiger partial charge in [-0.3, -0.25) is 0 Å². The molecule has 0 radical (unpaired) electrons. The summed E-state index contributed by atoms with van der Waals surface area (Å²) < 4.78 is 38.5. The minimum atomic E-state index is -1.04. The number of carbonyl (C=O) groups excluding carboxylic acids is 1. The van der Waals surface area contributed by atoms with Gasteiger partial charge in [-0.25, -0.2) is 19.2 Å². The lowest BCUT2D eigenvalue weighted by molar-refractivity contribution is 0.0512. The van der Waals surface area contributed by atoms with Crippen molar-refractivity contribution in [2.45, 2.75) is 58.4 Å². The summed E-state index contributed by atoms with van der Waals surface area (Å²) in [5, 5.41) is 3.39. The van der Waals surface area contributed by atoms with Crippen LogP contribution in [0.15, 0.2) is 18.3 Å². The molecule has 1 aliphatic rings. The highest BCUT2D eigenvalue weighted by atomic mass is 19.2. The number of hydrogen-bond acceptors (Lipinski definition) is 6. The van der Waals surface area contributed by atoms with Crippen LogP contribution in [0, 0.1) is 11.6 Å². The molecule has 1 heterocycles. The minimum absolute atomic E-state index is 0.0793. The average Bonchev–Trinajstić information content (AvgIpc) is 3.00. The second-order valence-corrected chi connectivity index (χ2v) is 7.21. The van der Waals surface area contributed by atoms with Gasteiger partial charge in [0.15, 0.2) is 11.6 Å². The number of anilines is 1. The Balaban J connectivity index is 2.03. The number of rotatable bonds is 7. The highest BCUT2D eigenvalue weighted by Gasteiger charge is 2.21. The zero-order valence-electron chi connectivity index (χ0n) is 17.3. The molecule has 0 amide bonds. The second-order valence-electron chi connectivity index (χ2n) is 7.21. The smallest absolute Gasteiger partial charge is 0.376 e. The molecule has 0 unspecified atom stereocenters. The number of benzene rings is 1. The molecule has 162 valence electrons. The second kappa shape index (κ2) is 10.3. The molecule has 2 aromatic rings. The molecule has 1 aliphatic carbocycles. The molecular formula is C22H27F2N3O3. The van der Waals surface area contributed by atoms with E-state index in [9.17, 15) is 13.6 Å². The van der Waals surface area contributed by atoms with E-state index in [1.165, 1.54) is 25.1 Å². The van der Waals surface area contributed by atoms with Gasteiger partial charge in [-0.15, -0.1) is 0 Å². The molecule has 1 saturated carbocycles. The fourth-order valence-corrected chi connectivity index (χ4v) is 3.59. The standard InChI is InChI=1S/C22H27F2N3O3/c1-3-29-18-12-14(11-17(23)19(18)24)16-13-25-21(22(28)30-4-2)27-20(16)26-15-9-7-5-6-8-10-15/h11-13,15H,3-10H2,1-2H3,(H,25,26,27). The molecule has 1 N–H and O–H groups in total. The molecule has 0 bridgehead atoms. The third kappa shape index (κ3) is 5.23. The van der Waals surface area contributed by atoms with Gasteiger partial charge in [-0.05, 0) is 44.4 Å². The van der Waals surface area contributed by atoms with Crippen LogP contribution in [0.4, 0.5) is 14.6 Å². The van der Waals surface area contributed by atoms with Gasteiger partial charge in [-0.1, -0.05) is 25.7 Å². The van der Waals surface area contributed by atoms with Crippen molar-refractivity contribution in [3.05, 3.63) is 35.8 Å². The Hall–Kier alpha value is -2.77. The lowest BCUT2D eigenvalue weighted by atomic mass is 10.0. The number of aromatic nitrogens is 2. The summed E-state index contributed by atoms with van der Waals surface area (Å²) in [6.45, 7) is 3.80. The van der Waals surface area contributed by atoms with Crippen molar-refractivity contribution in [1.82, 2.24) is 9.97 Å². The summed E-state index contributed by atoms with van der Waals surface area (Å²) in [6.07, 6.45) is 7.94. The minimum Gasteiger partial charge on any atom is -0.491 e. The SMILES string of the molecule is CCOC(=O)c1ncc(-c2cc(F)c(F)c(OCC)c2)c(NC2CCCCCC2)n1. The van der Waals surface area contributed by atoms with Crippen molar-refractivity contribution in [1.29, 1.82) is 0 Å². The summed E-state index contributed by atoms with van der Waals surface area (Å²) in [6, 6.07) is 2.68. The predicted molar refractivity (Wildman–Crippen MR) is 110 cm³/mol. The predicted octanol–water partition coefficient (Wildman–Crippen LogP) is 5.13. The molecule has 6 nitrogen and oxygen atoms in total. The van der Waals surface area contributed by atoms with Crippen molar-refractivity contribution >= 4 is 11.8 Å². The van der Waals surface area contributed by atoms with Gasteiger partial charge >= 0.3 is 5.97 Å². The third-order valence-corrected chi connectivity index (χ3v) is 5.05. The van der Waals surface area contributed by atoms with Crippen LogP contribution in [0.25, 0.3) is 11.1 Å². The van der Waals surface area contributed by atoms with E-state index in [1.54, 1.807) is 13.8 Å². The van der Waals surface area contributed by atoms with Gasteiger partial charge in [0.25, 0.3) is 0 Å². The first-order chi connectivity index (χ1) is 14.5. The van der Waals surface area contributed by atoms with Crippen LogP contribution in [0.5, 0.6) is 5.75 Å². The maximum Gasteiger partial charge on any atom is 0.376 e. The third-order valence-electron chi connectivity index (χ3n) is 5.05. The monoisotopic (exact) mass is 419 g/mol. The van der Waals surface area contributed by atoms with Crippen LogP contribution in [0.2, 0.25) is 0 Å². The van der Waals surface area contributed by atoms with E-state index in [-0.39, 0.29) is 30.8 Å². The topological polar surface area (TPSA) is 73.3 Å². The normalized spacial score (nSPS) is 14.8. The van der Waals surface area contributed by atoms with Gasteiger partial charge in [0, 0.05) is 17.8 Å². The Morgan fingerprint density at radius 1 is 1.13 bits per heavy atom. The van der Waals surface area contributed by atoms with E-state index in [1.807, 2.05) is 0 Å². The van der Waals surface area contributed by atoms with Crippen LogP contribution in [0.1, 0.15) is 63.0 Å². The number of carbonyl (C=O) groups is 1. The molecule has 0 saturated heterocycles.